The van der Waals surface area contributed by atoms with Crippen LogP contribution < -0.4 is 5.32 Å². The molecule has 122 valence electrons. The number of nitrogens with one attached hydrogen (secondary N) is 1. The van der Waals surface area contributed by atoms with Crippen molar-refractivity contribution in [3.05, 3.63) is 29.3 Å². The van der Waals surface area contributed by atoms with Crippen LogP contribution in [0.3, 0.4) is 0 Å². The highest BCUT2D eigenvalue weighted by atomic mass is 19.4. The number of hydrogen-bond donors (Lipinski definition) is 2. The van der Waals surface area contributed by atoms with Crippen molar-refractivity contribution in [3.8, 4) is 0 Å². The number of aliphatic hydroxyl groups is 1. The number of carbonyl (C=O) groups excluding carboxylic acids is 1. The Kier molecular flexibility index (Phi) is 4.37. The van der Waals surface area contributed by atoms with Gasteiger partial charge in [0, 0.05) is 31.6 Å². The van der Waals surface area contributed by atoms with Gasteiger partial charge < -0.3 is 15.3 Å². The predicted octanol–water partition coefficient (Wildman–Crippen LogP) is 3.22. The lowest BCUT2D eigenvalue weighted by molar-refractivity contribution is -0.271. The molecule has 2 N–H and O–H groups in total. The first kappa shape index (κ1) is 16.6. The molecule has 7 heteroatoms. The maximum atomic E-state index is 12.7. The maximum Gasteiger partial charge on any atom is 0.417 e. The zero-order valence-electron chi connectivity index (χ0n) is 12.5. The molecule has 4 nitrogen and oxygen atoms in total. The third-order valence-corrected chi connectivity index (χ3v) is 4.16. The number of alkyl halides is 3. The van der Waals surface area contributed by atoms with Crippen molar-refractivity contribution in [2.24, 2.45) is 0 Å². The molecule has 1 heterocycles. The number of urea groups is 1. The molecule has 1 aliphatic rings. The van der Waals surface area contributed by atoms with E-state index in [2.05, 4.69) is 5.32 Å². The zero-order chi connectivity index (χ0) is 16.5. The van der Waals surface area contributed by atoms with Crippen molar-refractivity contribution in [1.82, 2.24) is 4.90 Å². The van der Waals surface area contributed by atoms with Gasteiger partial charge in [-0.25, -0.2) is 4.79 Å². The quantitative estimate of drug-likeness (QED) is 0.836. The fourth-order valence-electron chi connectivity index (χ4n) is 2.38. The molecule has 0 aromatic heterocycles. The minimum atomic E-state index is -4.66. The van der Waals surface area contributed by atoms with E-state index in [0.717, 1.165) is 11.1 Å². The number of amides is 2. The molecule has 0 spiro atoms. The lowest BCUT2D eigenvalue weighted by atomic mass is 9.91. The summed E-state index contributed by atoms with van der Waals surface area (Å²) >= 11 is 0. The molecular formula is C15H19F3N2O2. The fraction of sp³-hybridized carbons (Fsp3) is 0.533. The highest BCUT2D eigenvalue weighted by Gasteiger charge is 2.54. The number of anilines is 1. The van der Waals surface area contributed by atoms with Gasteiger partial charge in [-0.2, -0.15) is 13.2 Å². The van der Waals surface area contributed by atoms with Gasteiger partial charge in [-0.05, 0) is 37.1 Å². The van der Waals surface area contributed by atoms with E-state index < -0.39 is 30.7 Å². The molecule has 0 unspecified atom stereocenters. The summed E-state index contributed by atoms with van der Waals surface area (Å²) in [5.74, 6) is 0. The number of likely N-dealkylation sites (tertiary alicyclic amines) is 1. The SMILES string of the molecule is Cc1ccc(NC(=O)N2CCC(O)(C(F)(F)F)CC2)cc1C. The van der Waals surface area contributed by atoms with Gasteiger partial charge in [-0.15, -0.1) is 0 Å². The first-order chi connectivity index (χ1) is 10.1. The van der Waals surface area contributed by atoms with Crippen LogP contribution in [0.15, 0.2) is 18.2 Å². The molecule has 1 aromatic carbocycles. The van der Waals surface area contributed by atoms with Gasteiger partial charge >= 0.3 is 12.2 Å². The van der Waals surface area contributed by atoms with Crippen LogP contribution in [0.1, 0.15) is 24.0 Å². The monoisotopic (exact) mass is 316 g/mol. The van der Waals surface area contributed by atoms with E-state index in [0.29, 0.717) is 5.69 Å². The Bertz CT molecular complexity index is 564. The molecule has 0 bridgehead atoms. The van der Waals surface area contributed by atoms with Crippen molar-refractivity contribution in [3.63, 3.8) is 0 Å². The van der Waals surface area contributed by atoms with E-state index in [1.165, 1.54) is 4.90 Å². The van der Waals surface area contributed by atoms with Gasteiger partial charge in [-0.3, -0.25) is 0 Å². The van der Waals surface area contributed by atoms with E-state index in [1.54, 1.807) is 6.07 Å². The number of hydrogen-bond acceptors (Lipinski definition) is 2. The van der Waals surface area contributed by atoms with Crippen molar-refractivity contribution < 1.29 is 23.1 Å². The highest BCUT2D eigenvalue weighted by Crippen LogP contribution is 2.38. The second-order valence-electron chi connectivity index (χ2n) is 5.75. The molecule has 1 aliphatic heterocycles. The Labute approximate surface area is 126 Å². The second-order valence-corrected chi connectivity index (χ2v) is 5.75. The van der Waals surface area contributed by atoms with E-state index in [9.17, 15) is 23.1 Å². The van der Waals surface area contributed by atoms with Crippen molar-refractivity contribution >= 4 is 11.7 Å². The summed E-state index contributed by atoms with van der Waals surface area (Å²) in [6, 6.07) is 4.97. The predicted molar refractivity (Wildman–Crippen MR) is 76.7 cm³/mol. The molecule has 0 radical (unpaired) electrons. The van der Waals surface area contributed by atoms with Crippen molar-refractivity contribution in [2.45, 2.75) is 38.5 Å². The number of halogens is 3. The summed E-state index contributed by atoms with van der Waals surface area (Å²) in [6.45, 7) is 3.60. The van der Waals surface area contributed by atoms with Crippen LogP contribution in [0.25, 0.3) is 0 Å². The van der Waals surface area contributed by atoms with E-state index in [-0.39, 0.29) is 13.1 Å². The van der Waals surface area contributed by atoms with Crippen LogP contribution in [-0.4, -0.2) is 40.9 Å². The maximum absolute atomic E-state index is 12.7. The standard InChI is InChI=1S/C15H19F3N2O2/c1-10-3-4-12(9-11(10)2)19-13(21)20-7-5-14(22,6-8-20)15(16,17)18/h3-4,9,22H,5-8H2,1-2H3,(H,19,21). The van der Waals surface area contributed by atoms with Crippen LogP contribution in [0.4, 0.5) is 23.7 Å². The summed E-state index contributed by atoms with van der Waals surface area (Å²) in [5.41, 5.74) is 0.0170. The molecule has 1 fully saturated rings. The molecule has 2 rings (SSSR count). The highest BCUT2D eigenvalue weighted by molar-refractivity contribution is 5.89. The molecule has 2 amide bonds. The van der Waals surface area contributed by atoms with Gasteiger partial charge in [0.1, 0.15) is 0 Å². The fourth-order valence-corrected chi connectivity index (χ4v) is 2.38. The number of benzene rings is 1. The van der Waals surface area contributed by atoms with Crippen LogP contribution in [0.2, 0.25) is 0 Å². The number of piperidine rings is 1. The van der Waals surface area contributed by atoms with Crippen LogP contribution >= 0.6 is 0 Å². The van der Waals surface area contributed by atoms with E-state index in [1.807, 2.05) is 26.0 Å². The van der Waals surface area contributed by atoms with E-state index in [4.69, 9.17) is 0 Å². The van der Waals surface area contributed by atoms with Gasteiger partial charge in [0.15, 0.2) is 5.60 Å². The van der Waals surface area contributed by atoms with Gasteiger partial charge in [-0.1, -0.05) is 6.07 Å². The summed E-state index contributed by atoms with van der Waals surface area (Å²) in [7, 11) is 0. The molecule has 22 heavy (non-hydrogen) atoms. The second kappa shape index (κ2) is 5.79. The molecule has 0 saturated carbocycles. The minimum absolute atomic E-state index is 0.132. The molecule has 1 aromatic rings. The Morgan fingerprint density at radius 3 is 2.32 bits per heavy atom. The molecular weight excluding hydrogens is 297 g/mol. The number of aryl methyl sites for hydroxylation is 2. The van der Waals surface area contributed by atoms with Crippen molar-refractivity contribution in [1.29, 1.82) is 0 Å². The zero-order valence-corrected chi connectivity index (χ0v) is 12.5. The summed E-state index contributed by atoms with van der Waals surface area (Å²) in [4.78, 5) is 13.4. The lowest BCUT2D eigenvalue weighted by Gasteiger charge is -2.39. The summed E-state index contributed by atoms with van der Waals surface area (Å²) in [6.07, 6.45) is -5.67. The largest absolute Gasteiger partial charge is 0.417 e. The normalized spacial score (nSPS) is 18.2. The summed E-state index contributed by atoms with van der Waals surface area (Å²) < 4.78 is 38.1. The third-order valence-electron chi connectivity index (χ3n) is 4.16. The van der Waals surface area contributed by atoms with Crippen LogP contribution in [0.5, 0.6) is 0 Å². The number of rotatable bonds is 1. The molecule has 0 atom stereocenters. The average molecular weight is 316 g/mol. The van der Waals surface area contributed by atoms with Crippen LogP contribution in [0, 0.1) is 13.8 Å². The minimum Gasteiger partial charge on any atom is -0.380 e. The van der Waals surface area contributed by atoms with Gasteiger partial charge in [0.2, 0.25) is 0 Å². The Balaban J connectivity index is 1.97. The first-order valence-corrected chi connectivity index (χ1v) is 7.05. The molecule has 1 saturated heterocycles. The smallest absolute Gasteiger partial charge is 0.380 e. The Morgan fingerprint density at radius 2 is 1.82 bits per heavy atom. The summed E-state index contributed by atoms with van der Waals surface area (Å²) in [5, 5.41) is 12.3. The van der Waals surface area contributed by atoms with Crippen molar-refractivity contribution in [2.75, 3.05) is 18.4 Å². The van der Waals surface area contributed by atoms with Gasteiger partial charge in [0.05, 0.1) is 0 Å². The van der Waals surface area contributed by atoms with Gasteiger partial charge in [0.25, 0.3) is 0 Å². The topological polar surface area (TPSA) is 52.6 Å². The van der Waals surface area contributed by atoms with E-state index >= 15 is 0 Å². The Hall–Kier alpha value is -1.76. The lowest BCUT2D eigenvalue weighted by Crippen LogP contribution is -2.55. The first-order valence-electron chi connectivity index (χ1n) is 7.05. The molecule has 0 aliphatic carbocycles. The number of carbonyl (C=O) groups is 1. The van der Waals surface area contributed by atoms with Crippen LogP contribution in [-0.2, 0) is 0 Å². The number of nitrogens with zero attached hydrogens (tertiary/aromatic N) is 1. The third kappa shape index (κ3) is 3.35. The average Bonchev–Trinajstić information content (AvgIpc) is 2.42. The Morgan fingerprint density at radius 1 is 1.23 bits per heavy atom.